The van der Waals surface area contributed by atoms with E-state index in [2.05, 4.69) is 25.9 Å². The number of benzene rings is 1. The molecule has 18 heavy (non-hydrogen) atoms. The minimum absolute atomic E-state index is 0.109. The van der Waals surface area contributed by atoms with Crippen molar-refractivity contribution in [2.75, 3.05) is 0 Å². The summed E-state index contributed by atoms with van der Waals surface area (Å²) in [5.41, 5.74) is -0.151. The summed E-state index contributed by atoms with van der Waals surface area (Å²) in [5.74, 6) is -1.82. The van der Waals surface area contributed by atoms with Crippen LogP contribution in [-0.4, -0.2) is 21.0 Å². The number of aromatic carboxylic acids is 1. The zero-order chi connectivity index (χ0) is 13.1. The highest BCUT2D eigenvalue weighted by Crippen LogP contribution is 2.29. The van der Waals surface area contributed by atoms with E-state index >= 15 is 0 Å². The monoisotopic (exact) mass is 312 g/mol. The average Bonchev–Trinajstić information content (AvgIpc) is 2.32. The van der Waals surface area contributed by atoms with Gasteiger partial charge in [0, 0.05) is 12.3 Å². The summed E-state index contributed by atoms with van der Waals surface area (Å²) >= 11 is 3.14. The molecule has 0 aliphatic carbocycles. The zero-order valence-corrected chi connectivity index (χ0v) is 10.4. The van der Waals surface area contributed by atoms with Crippen molar-refractivity contribution >= 4 is 21.9 Å². The van der Waals surface area contributed by atoms with Crippen LogP contribution in [0.2, 0.25) is 0 Å². The van der Waals surface area contributed by atoms with Crippen molar-refractivity contribution in [3.05, 3.63) is 46.6 Å². The number of hydrogen-bond donors (Lipinski definition) is 1. The lowest BCUT2D eigenvalue weighted by Gasteiger charge is -2.08. The SMILES string of the molecule is O=C(O)c1ccc(F)cc1Oc1ncncc1Br. The summed E-state index contributed by atoms with van der Waals surface area (Å²) in [6.07, 6.45) is 2.67. The average molecular weight is 313 g/mol. The van der Waals surface area contributed by atoms with E-state index < -0.39 is 11.8 Å². The van der Waals surface area contributed by atoms with Crippen molar-refractivity contribution in [1.82, 2.24) is 9.97 Å². The first-order chi connectivity index (χ1) is 8.58. The zero-order valence-electron chi connectivity index (χ0n) is 8.80. The standard InChI is InChI=1S/C11H6BrFN2O3/c12-8-4-14-5-15-10(8)18-9-3-6(13)1-2-7(9)11(16)17/h1-5H,(H,16,17). The molecular formula is C11H6BrFN2O3. The molecule has 0 atom stereocenters. The fourth-order valence-electron chi connectivity index (χ4n) is 1.24. The topological polar surface area (TPSA) is 72.3 Å². The number of halogens is 2. The third kappa shape index (κ3) is 2.62. The smallest absolute Gasteiger partial charge is 0.339 e. The first-order valence-electron chi connectivity index (χ1n) is 4.74. The second kappa shape index (κ2) is 5.09. The summed E-state index contributed by atoms with van der Waals surface area (Å²) < 4.78 is 18.8. The van der Waals surface area contributed by atoms with E-state index in [-0.39, 0.29) is 17.2 Å². The summed E-state index contributed by atoms with van der Waals surface area (Å²) in [7, 11) is 0. The van der Waals surface area contributed by atoms with Crippen LogP contribution >= 0.6 is 15.9 Å². The maximum absolute atomic E-state index is 13.1. The quantitative estimate of drug-likeness (QED) is 0.943. The number of rotatable bonds is 3. The van der Waals surface area contributed by atoms with Gasteiger partial charge in [0.1, 0.15) is 23.5 Å². The van der Waals surface area contributed by atoms with Gasteiger partial charge in [-0.25, -0.2) is 19.2 Å². The second-order valence-corrected chi connectivity index (χ2v) is 4.08. The molecular weight excluding hydrogens is 307 g/mol. The summed E-state index contributed by atoms with van der Waals surface area (Å²) in [6.45, 7) is 0. The predicted octanol–water partition coefficient (Wildman–Crippen LogP) is 2.87. The molecule has 0 saturated heterocycles. The maximum atomic E-state index is 13.1. The Morgan fingerprint density at radius 2 is 2.22 bits per heavy atom. The number of carbonyl (C=O) groups is 1. The van der Waals surface area contributed by atoms with Gasteiger partial charge < -0.3 is 9.84 Å². The number of ether oxygens (including phenoxy) is 1. The minimum atomic E-state index is -1.21. The first-order valence-corrected chi connectivity index (χ1v) is 5.53. The highest BCUT2D eigenvalue weighted by atomic mass is 79.9. The highest BCUT2D eigenvalue weighted by Gasteiger charge is 2.14. The van der Waals surface area contributed by atoms with Crippen molar-refractivity contribution in [3.63, 3.8) is 0 Å². The van der Waals surface area contributed by atoms with Gasteiger partial charge in [-0.3, -0.25) is 0 Å². The molecule has 0 spiro atoms. The van der Waals surface area contributed by atoms with Crippen LogP contribution in [0.5, 0.6) is 11.6 Å². The molecule has 2 aromatic rings. The van der Waals surface area contributed by atoms with Gasteiger partial charge in [0.2, 0.25) is 5.88 Å². The Morgan fingerprint density at radius 1 is 1.44 bits per heavy atom. The molecule has 1 N–H and O–H groups in total. The maximum Gasteiger partial charge on any atom is 0.339 e. The van der Waals surface area contributed by atoms with E-state index in [4.69, 9.17) is 9.84 Å². The Hall–Kier alpha value is -2.02. The van der Waals surface area contributed by atoms with Crippen molar-refractivity contribution < 1.29 is 19.0 Å². The lowest BCUT2D eigenvalue weighted by molar-refractivity contribution is 0.0694. The Balaban J connectivity index is 2.42. The van der Waals surface area contributed by atoms with Gasteiger partial charge in [0.05, 0.1) is 4.47 Å². The van der Waals surface area contributed by atoms with Crippen LogP contribution in [0, 0.1) is 5.82 Å². The molecule has 0 aliphatic rings. The molecule has 2 rings (SSSR count). The van der Waals surface area contributed by atoms with Crippen LogP contribution in [0.15, 0.2) is 35.2 Å². The van der Waals surface area contributed by atoms with Crippen LogP contribution in [-0.2, 0) is 0 Å². The molecule has 0 aliphatic heterocycles. The summed E-state index contributed by atoms with van der Waals surface area (Å²) in [4.78, 5) is 18.5. The van der Waals surface area contributed by atoms with Gasteiger partial charge in [-0.15, -0.1) is 0 Å². The Kier molecular flexibility index (Phi) is 3.52. The van der Waals surface area contributed by atoms with E-state index in [0.717, 1.165) is 18.2 Å². The third-order valence-electron chi connectivity index (χ3n) is 2.01. The van der Waals surface area contributed by atoms with Gasteiger partial charge in [-0.05, 0) is 28.1 Å². The van der Waals surface area contributed by atoms with Crippen molar-refractivity contribution in [2.45, 2.75) is 0 Å². The second-order valence-electron chi connectivity index (χ2n) is 3.22. The highest BCUT2D eigenvalue weighted by molar-refractivity contribution is 9.10. The number of hydrogen-bond acceptors (Lipinski definition) is 4. The lowest BCUT2D eigenvalue weighted by Crippen LogP contribution is -2.01. The van der Waals surface area contributed by atoms with Gasteiger partial charge >= 0.3 is 5.97 Å². The normalized spacial score (nSPS) is 10.1. The van der Waals surface area contributed by atoms with E-state index in [9.17, 15) is 9.18 Å². The van der Waals surface area contributed by atoms with Crippen LogP contribution < -0.4 is 4.74 Å². The minimum Gasteiger partial charge on any atom is -0.478 e. The molecule has 0 unspecified atom stereocenters. The molecule has 5 nitrogen and oxygen atoms in total. The fourth-order valence-corrected chi connectivity index (χ4v) is 1.54. The first kappa shape index (κ1) is 12.4. The Morgan fingerprint density at radius 3 is 2.89 bits per heavy atom. The predicted molar refractivity (Wildman–Crippen MR) is 63.2 cm³/mol. The third-order valence-corrected chi connectivity index (χ3v) is 2.56. The summed E-state index contributed by atoms with van der Waals surface area (Å²) in [6, 6.07) is 3.16. The molecule has 7 heteroatoms. The van der Waals surface area contributed by atoms with E-state index in [1.807, 2.05) is 0 Å². The molecule has 0 fully saturated rings. The van der Waals surface area contributed by atoms with Crippen molar-refractivity contribution in [2.24, 2.45) is 0 Å². The Bertz CT molecular complexity index is 607. The molecule has 0 saturated carbocycles. The number of aromatic nitrogens is 2. The Labute approximate surface area is 109 Å². The number of nitrogens with zero attached hydrogens (tertiary/aromatic N) is 2. The molecule has 0 radical (unpaired) electrons. The lowest BCUT2D eigenvalue weighted by atomic mass is 10.2. The number of carboxylic acids is 1. The van der Waals surface area contributed by atoms with E-state index in [1.54, 1.807) is 0 Å². The fraction of sp³-hybridized carbons (Fsp3) is 0. The van der Waals surface area contributed by atoms with Gasteiger partial charge in [0.25, 0.3) is 0 Å². The van der Waals surface area contributed by atoms with Gasteiger partial charge in [-0.1, -0.05) is 0 Å². The molecule has 0 amide bonds. The molecule has 1 heterocycles. The number of carboxylic acid groups (broad SMARTS) is 1. The van der Waals surface area contributed by atoms with Gasteiger partial charge in [-0.2, -0.15) is 0 Å². The largest absolute Gasteiger partial charge is 0.478 e. The van der Waals surface area contributed by atoms with Crippen LogP contribution in [0.1, 0.15) is 10.4 Å². The molecule has 1 aromatic heterocycles. The van der Waals surface area contributed by atoms with Gasteiger partial charge in [0.15, 0.2) is 0 Å². The molecule has 1 aromatic carbocycles. The van der Waals surface area contributed by atoms with Crippen molar-refractivity contribution in [3.8, 4) is 11.6 Å². The van der Waals surface area contributed by atoms with Crippen molar-refractivity contribution in [1.29, 1.82) is 0 Å². The van der Waals surface area contributed by atoms with Crippen LogP contribution in [0.4, 0.5) is 4.39 Å². The van der Waals surface area contributed by atoms with Crippen LogP contribution in [0.3, 0.4) is 0 Å². The summed E-state index contributed by atoms with van der Waals surface area (Å²) in [5, 5.41) is 8.96. The van der Waals surface area contributed by atoms with E-state index in [0.29, 0.717) is 4.47 Å². The van der Waals surface area contributed by atoms with Crippen LogP contribution in [0.25, 0.3) is 0 Å². The molecule has 92 valence electrons. The van der Waals surface area contributed by atoms with E-state index in [1.165, 1.54) is 12.5 Å². The molecule has 0 bridgehead atoms.